The van der Waals surface area contributed by atoms with E-state index < -0.39 is 53.5 Å². The minimum absolute atomic E-state index is 0.0654. The van der Waals surface area contributed by atoms with E-state index in [1.807, 2.05) is 102 Å². The number of carbonyl (C=O) groups is 5. The lowest BCUT2D eigenvalue weighted by Gasteiger charge is -2.26. The van der Waals surface area contributed by atoms with Crippen molar-refractivity contribution in [3.05, 3.63) is 148 Å². The Morgan fingerprint density at radius 3 is 1.87 bits per heavy atom. The second-order valence-electron chi connectivity index (χ2n) is 13.3. The summed E-state index contributed by atoms with van der Waals surface area (Å²) in [6.45, 7) is -0.376. The molecule has 0 saturated carbocycles. The topological polar surface area (TPSA) is 151 Å². The normalized spacial score (nSPS) is 20.0. The summed E-state index contributed by atoms with van der Waals surface area (Å²) in [4.78, 5) is 68.9. The standard InChI is InChI=1S/C43H41N3O7S/c47-39-25-33(43(51)52)22-29-15-19-34(20-16-29)53-27-40(48)44-38(26-35-12-7-21-54-35)42(50)46-37(41(49)45-36(39)23-28-8-3-1-4-9-28)24-30-13-17-32(18-14-30)31-10-5-2-6-11-31/h1-21,33,36-38H,22-27H2,(H,44,48)(H,45,49)(H,46,50)(H,51,52)/t33-,36+,37+,38-/m1/s1. The first kappa shape index (κ1) is 37.7. The summed E-state index contributed by atoms with van der Waals surface area (Å²) in [5, 5.41) is 20.6. The van der Waals surface area contributed by atoms with Gasteiger partial charge in [-0.1, -0.05) is 103 Å². The third-order valence-corrected chi connectivity index (χ3v) is 10.2. The van der Waals surface area contributed by atoms with E-state index in [2.05, 4.69) is 16.0 Å². The first-order valence-electron chi connectivity index (χ1n) is 17.8. The number of nitrogens with one attached hydrogen (secondary N) is 3. The molecule has 4 atom stereocenters. The molecule has 0 fully saturated rings. The van der Waals surface area contributed by atoms with Crippen molar-refractivity contribution < 1.29 is 33.8 Å². The second kappa shape index (κ2) is 18.1. The van der Waals surface area contributed by atoms with Gasteiger partial charge < -0.3 is 25.8 Å². The highest BCUT2D eigenvalue weighted by Crippen LogP contribution is 2.22. The quantitative estimate of drug-likeness (QED) is 0.160. The lowest BCUT2D eigenvalue weighted by Crippen LogP contribution is -2.57. The van der Waals surface area contributed by atoms with Crippen LogP contribution in [-0.4, -0.2) is 59.3 Å². The summed E-state index contributed by atoms with van der Waals surface area (Å²) in [5.74, 6) is -4.01. The molecule has 0 saturated heterocycles. The molecule has 2 aliphatic heterocycles. The Morgan fingerprint density at radius 1 is 0.630 bits per heavy atom. The molecule has 0 aliphatic carbocycles. The van der Waals surface area contributed by atoms with E-state index in [4.69, 9.17) is 4.74 Å². The fraction of sp³-hybridized carbons (Fsp3) is 0.233. The predicted molar refractivity (Wildman–Crippen MR) is 206 cm³/mol. The van der Waals surface area contributed by atoms with Crippen molar-refractivity contribution in [1.29, 1.82) is 0 Å². The van der Waals surface area contributed by atoms with E-state index in [-0.39, 0.29) is 38.7 Å². The van der Waals surface area contributed by atoms with Gasteiger partial charge in [-0.05, 0) is 64.2 Å². The van der Waals surface area contributed by atoms with Crippen molar-refractivity contribution in [3.63, 3.8) is 0 Å². The van der Waals surface area contributed by atoms with Crippen LogP contribution in [0.3, 0.4) is 0 Å². The van der Waals surface area contributed by atoms with E-state index in [1.54, 1.807) is 24.3 Å². The van der Waals surface area contributed by atoms with Crippen LogP contribution in [0.15, 0.2) is 127 Å². The van der Waals surface area contributed by atoms with Gasteiger partial charge in [0, 0.05) is 24.1 Å². The monoisotopic (exact) mass is 743 g/mol. The molecule has 3 amide bonds. The summed E-state index contributed by atoms with van der Waals surface area (Å²) >= 11 is 1.44. The number of carboxylic acids is 1. The molecule has 276 valence electrons. The van der Waals surface area contributed by atoms with E-state index in [0.717, 1.165) is 27.1 Å². The van der Waals surface area contributed by atoms with Gasteiger partial charge in [-0.2, -0.15) is 0 Å². The molecule has 54 heavy (non-hydrogen) atoms. The van der Waals surface area contributed by atoms with E-state index in [1.165, 1.54) is 11.3 Å². The Hall–Kier alpha value is -6.07. The van der Waals surface area contributed by atoms with Crippen LogP contribution in [0, 0.1) is 5.92 Å². The number of thiophene rings is 1. The zero-order valence-electron chi connectivity index (χ0n) is 29.5. The number of Topliss-reactive ketones (excluding diaryl/α,β-unsaturated/α-hetero) is 1. The number of ketones is 1. The van der Waals surface area contributed by atoms with Crippen LogP contribution in [0.1, 0.15) is 28.0 Å². The van der Waals surface area contributed by atoms with Crippen LogP contribution in [0.2, 0.25) is 0 Å². The molecule has 1 aromatic heterocycles. The van der Waals surface area contributed by atoms with Crippen LogP contribution in [-0.2, 0) is 49.7 Å². The van der Waals surface area contributed by atoms with Gasteiger partial charge in [0.1, 0.15) is 17.8 Å². The average Bonchev–Trinajstić information content (AvgIpc) is 3.70. The molecule has 0 radical (unpaired) electrons. The molecule has 4 aromatic carbocycles. The maximum Gasteiger partial charge on any atom is 0.307 e. The van der Waals surface area contributed by atoms with Gasteiger partial charge in [-0.25, -0.2) is 0 Å². The number of carboxylic acid groups (broad SMARTS) is 1. The number of rotatable bonds is 8. The first-order chi connectivity index (χ1) is 26.2. The van der Waals surface area contributed by atoms with Crippen LogP contribution in [0.5, 0.6) is 5.75 Å². The fourth-order valence-corrected chi connectivity index (χ4v) is 7.16. The van der Waals surface area contributed by atoms with E-state index in [9.17, 15) is 29.1 Å². The van der Waals surface area contributed by atoms with E-state index in [0.29, 0.717) is 11.3 Å². The van der Waals surface area contributed by atoms with E-state index >= 15 is 0 Å². The Labute approximate surface area is 317 Å². The Morgan fingerprint density at radius 2 is 1.22 bits per heavy atom. The van der Waals surface area contributed by atoms with Crippen molar-refractivity contribution >= 4 is 40.8 Å². The molecule has 3 heterocycles. The Kier molecular flexibility index (Phi) is 12.6. The maximum absolute atomic E-state index is 14.3. The van der Waals surface area contributed by atoms with Crippen molar-refractivity contribution in [2.24, 2.45) is 5.92 Å². The molecular formula is C43H41N3O7S. The highest BCUT2D eigenvalue weighted by molar-refractivity contribution is 7.09. The van der Waals surface area contributed by atoms with Gasteiger partial charge in [0.2, 0.25) is 11.8 Å². The lowest BCUT2D eigenvalue weighted by molar-refractivity contribution is -0.144. The minimum Gasteiger partial charge on any atom is -0.484 e. The lowest BCUT2D eigenvalue weighted by atomic mass is 9.90. The molecule has 0 spiro atoms. The molecule has 10 nitrogen and oxygen atoms in total. The average molecular weight is 744 g/mol. The summed E-state index contributed by atoms with van der Waals surface area (Å²) in [7, 11) is 0. The molecule has 2 bridgehead atoms. The summed E-state index contributed by atoms with van der Waals surface area (Å²) in [5.41, 5.74) is 4.19. The van der Waals surface area contributed by atoms with Gasteiger partial charge >= 0.3 is 5.97 Å². The molecule has 5 aromatic rings. The maximum atomic E-state index is 14.3. The number of hydrogen-bond acceptors (Lipinski definition) is 7. The van der Waals surface area contributed by atoms with Crippen molar-refractivity contribution in [1.82, 2.24) is 16.0 Å². The summed E-state index contributed by atoms with van der Waals surface area (Å²) in [6.07, 6.45) is 0.108. The molecule has 2 aliphatic rings. The molecule has 0 unspecified atom stereocenters. The number of fused-ring (bicyclic) bond motifs is 16. The zero-order valence-corrected chi connectivity index (χ0v) is 30.3. The van der Waals surface area contributed by atoms with Crippen molar-refractivity contribution in [2.75, 3.05) is 6.61 Å². The third-order valence-electron chi connectivity index (χ3n) is 9.33. The fourth-order valence-electron chi connectivity index (χ4n) is 6.41. The number of amides is 3. The third kappa shape index (κ3) is 10.5. The van der Waals surface area contributed by atoms with Crippen LogP contribution in [0.4, 0.5) is 0 Å². The smallest absolute Gasteiger partial charge is 0.307 e. The Bertz CT molecular complexity index is 2040. The number of hydrogen-bond donors (Lipinski definition) is 4. The predicted octanol–water partition coefficient (Wildman–Crippen LogP) is 5.19. The highest BCUT2D eigenvalue weighted by Gasteiger charge is 2.32. The van der Waals surface area contributed by atoms with Crippen LogP contribution >= 0.6 is 11.3 Å². The minimum atomic E-state index is -1.15. The molecule has 11 heteroatoms. The Balaban J connectivity index is 1.34. The zero-order chi connectivity index (χ0) is 37.9. The summed E-state index contributed by atoms with van der Waals surface area (Å²) < 4.78 is 5.70. The van der Waals surface area contributed by atoms with Gasteiger partial charge in [0.15, 0.2) is 12.4 Å². The largest absolute Gasteiger partial charge is 0.484 e. The number of benzene rings is 4. The summed E-state index contributed by atoms with van der Waals surface area (Å²) in [6, 6.07) is 33.7. The number of aliphatic carboxylic acids is 1. The van der Waals surface area contributed by atoms with Crippen molar-refractivity contribution in [3.8, 4) is 16.9 Å². The van der Waals surface area contributed by atoms with Crippen LogP contribution in [0.25, 0.3) is 11.1 Å². The highest BCUT2D eigenvalue weighted by atomic mass is 32.1. The van der Waals surface area contributed by atoms with Gasteiger partial charge in [-0.3, -0.25) is 24.0 Å². The second-order valence-corrected chi connectivity index (χ2v) is 14.4. The first-order valence-corrected chi connectivity index (χ1v) is 18.7. The SMILES string of the molecule is O=C1COc2ccc(cc2)C[C@@H](C(=O)O)CC(=O)[C@H](Cc2ccccc2)NC(=O)[C@H](Cc2ccc(-c3ccccc3)cc2)NC(=O)[C@@H](Cc2cccs2)N1. The van der Waals surface area contributed by atoms with Crippen LogP contribution < -0.4 is 20.7 Å². The number of ether oxygens (including phenoxy) is 1. The van der Waals surface area contributed by atoms with Gasteiger partial charge in [0.05, 0.1) is 12.0 Å². The molecule has 7 rings (SSSR count). The molecular weight excluding hydrogens is 703 g/mol. The van der Waals surface area contributed by atoms with Gasteiger partial charge in [-0.15, -0.1) is 11.3 Å². The number of carbonyl (C=O) groups excluding carboxylic acids is 4. The van der Waals surface area contributed by atoms with Gasteiger partial charge in [0.25, 0.3) is 5.91 Å². The molecule has 4 N–H and O–H groups in total. The van der Waals surface area contributed by atoms with Crippen molar-refractivity contribution in [2.45, 2.75) is 50.2 Å².